The first-order chi connectivity index (χ1) is 9.06. The van der Waals surface area contributed by atoms with Gasteiger partial charge in [0.2, 0.25) is 0 Å². The van der Waals surface area contributed by atoms with Crippen LogP contribution in [-0.2, 0) is 6.42 Å². The minimum atomic E-state index is -0.232. The molecule has 2 aromatic rings. The van der Waals surface area contributed by atoms with E-state index in [1.807, 2.05) is 18.4 Å². The van der Waals surface area contributed by atoms with Crippen molar-refractivity contribution in [3.05, 3.63) is 45.4 Å². The molecule has 2 aromatic heterocycles. The smallest absolute Gasteiger partial charge is 0.253 e. The van der Waals surface area contributed by atoms with Crippen molar-refractivity contribution in [2.45, 2.75) is 19.4 Å². The van der Waals surface area contributed by atoms with Crippen molar-refractivity contribution in [1.29, 1.82) is 0 Å². The molecular weight excluding hydrogens is 282 g/mol. The van der Waals surface area contributed by atoms with E-state index in [9.17, 15) is 4.79 Å². The van der Waals surface area contributed by atoms with E-state index >= 15 is 0 Å². The van der Waals surface area contributed by atoms with Crippen molar-refractivity contribution >= 4 is 34.5 Å². The standard InChI is InChI=1S/C13H14ClN3OS/c1-8(4-9-2-3-19-7-9)17-13(18)10-5-12(14)16-6-11(10)15/h2-3,5-8H,4,15H2,1H3,(H,17,18). The first-order valence-corrected chi connectivity index (χ1v) is 7.11. The van der Waals surface area contributed by atoms with Crippen molar-refractivity contribution < 1.29 is 4.79 Å². The molecule has 0 aliphatic rings. The van der Waals surface area contributed by atoms with Crippen LogP contribution in [-0.4, -0.2) is 16.9 Å². The maximum Gasteiger partial charge on any atom is 0.253 e. The Kier molecular flexibility index (Phi) is 4.39. The number of hydrogen-bond acceptors (Lipinski definition) is 4. The molecule has 0 saturated carbocycles. The third-order valence-corrected chi connectivity index (χ3v) is 3.58. The van der Waals surface area contributed by atoms with Crippen LogP contribution in [0.1, 0.15) is 22.8 Å². The van der Waals surface area contributed by atoms with E-state index in [1.165, 1.54) is 17.8 Å². The quantitative estimate of drug-likeness (QED) is 0.852. The zero-order valence-corrected chi connectivity index (χ0v) is 12.0. The van der Waals surface area contributed by atoms with Gasteiger partial charge in [-0.3, -0.25) is 4.79 Å². The Bertz CT molecular complexity index is 571. The zero-order chi connectivity index (χ0) is 13.8. The third kappa shape index (κ3) is 3.68. The molecule has 0 radical (unpaired) electrons. The summed E-state index contributed by atoms with van der Waals surface area (Å²) in [4.78, 5) is 15.9. The molecule has 6 heteroatoms. The number of amides is 1. The summed E-state index contributed by atoms with van der Waals surface area (Å²) in [6.07, 6.45) is 2.18. The number of carbonyl (C=O) groups excluding carboxylic acids is 1. The van der Waals surface area contributed by atoms with Crippen molar-refractivity contribution in [3.8, 4) is 0 Å². The van der Waals surface area contributed by atoms with E-state index in [2.05, 4.69) is 15.7 Å². The SMILES string of the molecule is CC(Cc1ccsc1)NC(=O)c1cc(Cl)ncc1N. The summed E-state index contributed by atoms with van der Waals surface area (Å²) in [7, 11) is 0. The molecule has 2 heterocycles. The second-order valence-corrected chi connectivity index (χ2v) is 5.47. The van der Waals surface area contributed by atoms with E-state index < -0.39 is 0 Å². The second kappa shape index (κ2) is 6.04. The third-order valence-electron chi connectivity index (χ3n) is 2.65. The molecule has 1 unspecified atom stereocenters. The average molecular weight is 296 g/mol. The van der Waals surface area contributed by atoms with Gasteiger partial charge in [0.05, 0.1) is 17.4 Å². The molecule has 0 spiro atoms. The second-order valence-electron chi connectivity index (χ2n) is 4.30. The summed E-state index contributed by atoms with van der Waals surface area (Å²) < 4.78 is 0. The van der Waals surface area contributed by atoms with Crippen LogP contribution in [0.5, 0.6) is 0 Å². The Morgan fingerprint density at radius 3 is 3.11 bits per heavy atom. The number of nitrogen functional groups attached to an aromatic ring is 1. The number of aromatic nitrogens is 1. The molecule has 0 bridgehead atoms. The lowest BCUT2D eigenvalue weighted by Gasteiger charge is -2.14. The maximum absolute atomic E-state index is 12.1. The lowest BCUT2D eigenvalue weighted by molar-refractivity contribution is 0.0941. The van der Waals surface area contributed by atoms with Gasteiger partial charge in [-0.15, -0.1) is 0 Å². The maximum atomic E-state index is 12.1. The van der Waals surface area contributed by atoms with Gasteiger partial charge >= 0.3 is 0 Å². The van der Waals surface area contributed by atoms with Gasteiger partial charge in [-0.05, 0) is 41.8 Å². The summed E-state index contributed by atoms with van der Waals surface area (Å²) in [5.41, 5.74) is 7.61. The summed E-state index contributed by atoms with van der Waals surface area (Å²) in [5, 5.41) is 7.24. The lowest BCUT2D eigenvalue weighted by atomic mass is 10.1. The predicted octanol–water partition coefficient (Wildman–Crippen LogP) is 2.74. The van der Waals surface area contributed by atoms with Gasteiger partial charge in [0.1, 0.15) is 5.15 Å². The summed E-state index contributed by atoms with van der Waals surface area (Å²) >= 11 is 7.41. The minimum absolute atomic E-state index is 0.0217. The van der Waals surface area contributed by atoms with E-state index in [1.54, 1.807) is 11.3 Å². The number of pyridine rings is 1. The summed E-state index contributed by atoms with van der Waals surface area (Å²) in [6, 6.07) is 3.54. The Hall–Kier alpha value is -1.59. The molecule has 1 atom stereocenters. The highest BCUT2D eigenvalue weighted by Crippen LogP contribution is 2.15. The van der Waals surface area contributed by atoms with Crippen LogP contribution in [0.4, 0.5) is 5.69 Å². The molecule has 2 rings (SSSR count). The Morgan fingerprint density at radius 1 is 1.63 bits per heavy atom. The van der Waals surface area contributed by atoms with Gasteiger partial charge in [0.25, 0.3) is 5.91 Å². The first-order valence-electron chi connectivity index (χ1n) is 5.79. The van der Waals surface area contributed by atoms with Crippen LogP contribution in [0.25, 0.3) is 0 Å². The number of nitrogens with one attached hydrogen (secondary N) is 1. The largest absolute Gasteiger partial charge is 0.397 e. The van der Waals surface area contributed by atoms with Crippen LogP contribution >= 0.6 is 22.9 Å². The highest BCUT2D eigenvalue weighted by molar-refractivity contribution is 7.07. The monoisotopic (exact) mass is 295 g/mol. The molecule has 4 nitrogen and oxygen atoms in total. The first kappa shape index (κ1) is 13.8. The molecule has 0 saturated heterocycles. The number of hydrogen-bond donors (Lipinski definition) is 2. The summed E-state index contributed by atoms with van der Waals surface area (Å²) in [5.74, 6) is -0.232. The van der Waals surface area contributed by atoms with Gasteiger partial charge in [-0.1, -0.05) is 11.6 Å². The Labute approximate surface area is 120 Å². The molecule has 0 aliphatic carbocycles. The van der Waals surface area contributed by atoms with Gasteiger partial charge in [0, 0.05) is 6.04 Å². The Morgan fingerprint density at radius 2 is 2.42 bits per heavy atom. The van der Waals surface area contributed by atoms with Crippen LogP contribution in [0, 0.1) is 0 Å². The van der Waals surface area contributed by atoms with Gasteiger partial charge in [0.15, 0.2) is 0 Å². The lowest BCUT2D eigenvalue weighted by Crippen LogP contribution is -2.34. The molecule has 0 aromatic carbocycles. The molecule has 19 heavy (non-hydrogen) atoms. The van der Waals surface area contributed by atoms with E-state index in [-0.39, 0.29) is 17.1 Å². The molecular formula is C13H14ClN3OS. The van der Waals surface area contributed by atoms with Gasteiger partial charge < -0.3 is 11.1 Å². The molecule has 3 N–H and O–H groups in total. The summed E-state index contributed by atoms with van der Waals surface area (Å²) in [6.45, 7) is 1.95. The van der Waals surface area contributed by atoms with Crippen molar-refractivity contribution in [1.82, 2.24) is 10.3 Å². The van der Waals surface area contributed by atoms with Crippen molar-refractivity contribution in [3.63, 3.8) is 0 Å². The highest BCUT2D eigenvalue weighted by atomic mass is 35.5. The zero-order valence-electron chi connectivity index (χ0n) is 10.4. The van der Waals surface area contributed by atoms with Gasteiger partial charge in [-0.25, -0.2) is 4.98 Å². The number of carbonyl (C=O) groups is 1. The minimum Gasteiger partial charge on any atom is -0.397 e. The number of halogens is 1. The van der Waals surface area contributed by atoms with Crippen molar-refractivity contribution in [2.75, 3.05) is 5.73 Å². The fourth-order valence-electron chi connectivity index (χ4n) is 1.75. The van der Waals surface area contributed by atoms with Crippen LogP contribution in [0.3, 0.4) is 0 Å². The fraction of sp³-hybridized carbons (Fsp3) is 0.231. The normalized spacial score (nSPS) is 12.1. The predicted molar refractivity (Wildman–Crippen MR) is 78.6 cm³/mol. The molecule has 0 fully saturated rings. The highest BCUT2D eigenvalue weighted by Gasteiger charge is 2.14. The number of thiophene rings is 1. The van der Waals surface area contributed by atoms with Crippen LogP contribution < -0.4 is 11.1 Å². The average Bonchev–Trinajstić information content (AvgIpc) is 2.84. The van der Waals surface area contributed by atoms with E-state index in [0.29, 0.717) is 11.3 Å². The van der Waals surface area contributed by atoms with E-state index in [0.717, 1.165) is 6.42 Å². The van der Waals surface area contributed by atoms with Gasteiger partial charge in [-0.2, -0.15) is 11.3 Å². The van der Waals surface area contributed by atoms with Crippen molar-refractivity contribution in [2.24, 2.45) is 0 Å². The molecule has 0 aliphatic heterocycles. The fourth-order valence-corrected chi connectivity index (χ4v) is 2.59. The molecule has 1 amide bonds. The number of nitrogens with two attached hydrogens (primary N) is 1. The number of rotatable bonds is 4. The van der Waals surface area contributed by atoms with Crippen LogP contribution in [0.2, 0.25) is 5.15 Å². The number of anilines is 1. The number of nitrogens with zero attached hydrogens (tertiary/aromatic N) is 1. The topological polar surface area (TPSA) is 68.0 Å². The molecule has 100 valence electrons. The van der Waals surface area contributed by atoms with E-state index in [4.69, 9.17) is 17.3 Å². The Balaban J connectivity index is 2.02. The van der Waals surface area contributed by atoms with Crippen LogP contribution in [0.15, 0.2) is 29.1 Å².